The maximum absolute atomic E-state index is 13.0. The number of likely N-dealkylation sites (N-methyl/N-ethyl adjacent to an activating group) is 1. The van der Waals surface area contributed by atoms with E-state index in [-0.39, 0.29) is 11.2 Å². The number of halogens is 1. The zero-order valence-corrected chi connectivity index (χ0v) is 18.4. The third-order valence-corrected chi connectivity index (χ3v) is 6.17. The summed E-state index contributed by atoms with van der Waals surface area (Å²) >= 11 is 6.18. The summed E-state index contributed by atoms with van der Waals surface area (Å²) in [6.45, 7) is 8.27. The van der Waals surface area contributed by atoms with Crippen LogP contribution < -0.4 is 11.2 Å². The molecule has 3 heterocycles. The predicted molar refractivity (Wildman–Crippen MR) is 118 cm³/mol. The van der Waals surface area contributed by atoms with E-state index >= 15 is 0 Å². The summed E-state index contributed by atoms with van der Waals surface area (Å²) in [5.41, 5.74) is 1.15. The Hall–Kier alpha value is -2.42. The van der Waals surface area contributed by atoms with E-state index in [1.807, 2.05) is 28.8 Å². The number of aryl methyl sites for hydroxylation is 1. The van der Waals surface area contributed by atoms with Crippen molar-refractivity contribution in [2.75, 3.05) is 32.7 Å². The zero-order chi connectivity index (χ0) is 21.4. The molecule has 1 aliphatic heterocycles. The summed E-state index contributed by atoms with van der Waals surface area (Å²) in [5, 5.41) is 0.648. The average Bonchev–Trinajstić information content (AvgIpc) is 3.09. The molecule has 3 aromatic rings. The molecule has 1 aliphatic rings. The van der Waals surface area contributed by atoms with Crippen molar-refractivity contribution in [3.63, 3.8) is 0 Å². The van der Waals surface area contributed by atoms with Crippen molar-refractivity contribution in [2.24, 2.45) is 14.1 Å². The number of imidazole rings is 1. The first-order valence-electron chi connectivity index (χ1n) is 10.2. The number of nitrogens with zero attached hydrogens (tertiary/aromatic N) is 6. The molecule has 160 valence electrons. The van der Waals surface area contributed by atoms with E-state index in [4.69, 9.17) is 16.6 Å². The van der Waals surface area contributed by atoms with Gasteiger partial charge in [0.15, 0.2) is 11.2 Å². The SMILES string of the molecule is CCN1CCN(Cc2nc3c(c(=O)n(C)c(=O)n3C)n2Cc2cccc(Cl)c2)CC1. The second-order valence-electron chi connectivity index (χ2n) is 7.83. The highest BCUT2D eigenvalue weighted by Crippen LogP contribution is 2.18. The minimum absolute atomic E-state index is 0.329. The maximum Gasteiger partial charge on any atom is 0.332 e. The molecule has 0 unspecified atom stereocenters. The molecule has 4 rings (SSSR count). The summed E-state index contributed by atoms with van der Waals surface area (Å²) in [7, 11) is 3.16. The van der Waals surface area contributed by atoms with Gasteiger partial charge in [-0.2, -0.15) is 0 Å². The van der Waals surface area contributed by atoms with E-state index in [0.717, 1.165) is 48.7 Å². The van der Waals surface area contributed by atoms with E-state index in [1.54, 1.807) is 7.05 Å². The molecule has 0 radical (unpaired) electrons. The molecule has 0 atom stereocenters. The van der Waals surface area contributed by atoms with Gasteiger partial charge in [-0.15, -0.1) is 0 Å². The Morgan fingerprint density at radius 1 is 1.00 bits per heavy atom. The number of fused-ring (bicyclic) bond motifs is 1. The van der Waals surface area contributed by atoms with Gasteiger partial charge in [-0.25, -0.2) is 9.78 Å². The van der Waals surface area contributed by atoms with Crippen molar-refractivity contribution >= 4 is 22.8 Å². The first-order chi connectivity index (χ1) is 14.4. The van der Waals surface area contributed by atoms with E-state index in [9.17, 15) is 9.59 Å². The molecule has 1 aromatic carbocycles. The quantitative estimate of drug-likeness (QED) is 0.609. The van der Waals surface area contributed by atoms with Gasteiger partial charge in [-0.3, -0.25) is 18.8 Å². The number of rotatable bonds is 5. The van der Waals surface area contributed by atoms with Crippen LogP contribution in [0.1, 0.15) is 18.3 Å². The number of hydrogen-bond acceptors (Lipinski definition) is 5. The monoisotopic (exact) mass is 430 g/mol. The maximum atomic E-state index is 13.0. The normalized spacial score (nSPS) is 15.9. The second kappa shape index (κ2) is 8.37. The van der Waals surface area contributed by atoms with Crippen LogP contribution in [0.25, 0.3) is 11.2 Å². The molecule has 1 fully saturated rings. The molecule has 0 amide bonds. The molecule has 9 heteroatoms. The lowest BCUT2D eigenvalue weighted by Crippen LogP contribution is -2.45. The largest absolute Gasteiger partial charge is 0.332 e. The van der Waals surface area contributed by atoms with Gasteiger partial charge in [-0.05, 0) is 24.2 Å². The predicted octanol–water partition coefficient (Wildman–Crippen LogP) is 1.27. The van der Waals surface area contributed by atoms with Crippen LogP contribution in [0.4, 0.5) is 0 Å². The van der Waals surface area contributed by atoms with E-state index in [2.05, 4.69) is 16.7 Å². The van der Waals surface area contributed by atoms with Gasteiger partial charge in [0.1, 0.15) is 5.82 Å². The summed E-state index contributed by atoms with van der Waals surface area (Å²) in [6.07, 6.45) is 0. The minimum Gasteiger partial charge on any atom is -0.317 e. The minimum atomic E-state index is -0.372. The van der Waals surface area contributed by atoms with Crippen LogP contribution in [0.3, 0.4) is 0 Å². The van der Waals surface area contributed by atoms with E-state index in [1.165, 1.54) is 11.6 Å². The Morgan fingerprint density at radius 2 is 1.70 bits per heavy atom. The number of hydrogen-bond donors (Lipinski definition) is 0. The van der Waals surface area contributed by atoms with Gasteiger partial charge in [0.25, 0.3) is 5.56 Å². The molecule has 30 heavy (non-hydrogen) atoms. The van der Waals surface area contributed by atoms with Gasteiger partial charge >= 0.3 is 5.69 Å². The number of piperazine rings is 1. The van der Waals surface area contributed by atoms with Crippen molar-refractivity contribution < 1.29 is 0 Å². The molecule has 0 aliphatic carbocycles. The van der Waals surface area contributed by atoms with Crippen LogP contribution in [0.2, 0.25) is 5.02 Å². The Bertz CT molecular complexity index is 1190. The molecule has 0 bridgehead atoms. The van der Waals surface area contributed by atoms with Crippen LogP contribution in [-0.2, 0) is 27.2 Å². The molecular formula is C21H27ClN6O2. The first-order valence-corrected chi connectivity index (χ1v) is 10.6. The highest BCUT2D eigenvalue weighted by Gasteiger charge is 2.22. The Morgan fingerprint density at radius 3 is 2.37 bits per heavy atom. The lowest BCUT2D eigenvalue weighted by molar-refractivity contribution is 0.129. The third kappa shape index (κ3) is 3.82. The van der Waals surface area contributed by atoms with Crippen molar-refractivity contribution in [1.29, 1.82) is 0 Å². The average molecular weight is 431 g/mol. The summed E-state index contributed by atoms with van der Waals surface area (Å²) in [4.78, 5) is 35.0. The van der Waals surface area contributed by atoms with E-state index in [0.29, 0.717) is 29.3 Å². The van der Waals surface area contributed by atoms with E-state index < -0.39 is 0 Å². The summed E-state index contributed by atoms with van der Waals surface area (Å²) in [5.74, 6) is 0.785. The molecule has 1 saturated heterocycles. The summed E-state index contributed by atoms with van der Waals surface area (Å²) < 4.78 is 4.53. The molecule has 0 spiro atoms. The summed E-state index contributed by atoms with van der Waals surface area (Å²) in [6, 6.07) is 7.60. The fraction of sp³-hybridized carbons (Fsp3) is 0.476. The van der Waals surface area contributed by atoms with Gasteiger partial charge < -0.3 is 9.47 Å². The van der Waals surface area contributed by atoms with Crippen molar-refractivity contribution in [3.8, 4) is 0 Å². The van der Waals surface area contributed by atoms with Gasteiger partial charge in [0.2, 0.25) is 0 Å². The van der Waals surface area contributed by atoms with Crippen LogP contribution in [0.15, 0.2) is 33.9 Å². The fourth-order valence-corrected chi connectivity index (χ4v) is 4.28. The zero-order valence-electron chi connectivity index (χ0n) is 17.6. The molecular weight excluding hydrogens is 404 g/mol. The standard InChI is InChI=1S/C21H27ClN6O2/c1-4-26-8-10-27(11-9-26)14-17-23-19-18(20(29)25(3)21(30)24(19)2)28(17)13-15-6-5-7-16(22)12-15/h5-7,12H,4,8-11,13-14H2,1-3H3. The fourth-order valence-electron chi connectivity index (χ4n) is 4.06. The smallest absolute Gasteiger partial charge is 0.317 e. The Kier molecular flexibility index (Phi) is 5.81. The Balaban J connectivity index is 1.80. The lowest BCUT2D eigenvalue weighted by atomic mass is 10.2. The van der Waals surface area contributed by atoms with Crippen LogP contribution >= 0.6 is 11.6 Å². The van der Waals surface area contributed by atoms with Crippen LogP contribution in [0.5, 0.6) is 0 Å². The molecule has 0 N–H and O–H groups in total. The Labute approximate surface area is 179 Å². The first kappa shape index (κ1) is 20.8. The van der Waals surface area contributed by atoms with Crippen molar-refractivity contribution in [1.82, 2.24) is 28.5 Å². The van der Waals surface area contributed by atoms with Gasteiger partial charge in [0.05, 0.1) is 6.54 Å². The third-order valence-electron chi connectivity index (χ3n) is 5.93. The number of aromatic nitrogens is 4. The second-order valence-corrected chi connectivity index (χ2v) is 8.27. The molecule has 8 nitrogen and oxygen atoms in total. The van der Waals surface area contributed by atoms with Crippen molar-refractivity contribution in [3.05, 3.63) is 61.5 Å². The van der Waals surface area contributed by atoms with Crippen LogP contribution in [0, 0.1) is 0 Å². The van der Waals surface area contributed by atoms with Gasteiger partial charge in [-0.1, -0.05) is 30.7 Å². The number of benzene rings is 1. The van der Waals surface area contributed by atoms with Crippen LogP contribution in [-0.4, -0.2) is 61.2 Å². The van der Waals surface area contributed by atoms with Gasteiger partial charge in [0, 0.05) is 51.8 Å². The van der Waals surface area contributed by atoms with Crippen molar-refractivity contribution in [2.45, 2.75) is 20.0 Å². The highest BCUT2D eigenvalue weighted by molar-refractivity contribution is 6.30. The molecule has 2 aromatic heterocycles. The highest BCUT2D eigenvalue weighted by atomic mass is 35.5. The molecule has 0 saturated carbocycles. The lowest BCUT2D eigenvalue weighted by Gasteiger charge is -2.33. The topological polar surface area (TPSA) is 68.3 Å².